The second-order valence-electron chi connectivity index (χ2n) is 4.44. The molecule has 0 saturated heterocycles. The minimum Gasteiger partial charge on any atom is -0.487 e. The van der Waals surface area contributed by atoms with Crippen LogP contribution < -0.4 is 4.74 Å². The predicted octanol–water partition coefficient (Wildman–Crippen LogP) is 2.55. The van der Waals surface area contributed by atoms with Gasteiger partial charge in [-0.3, -0.25) is 10.1 Å². The third-order valence-electron chi connectivity index (χ3n) is 3.48. The van der Waals surface area contributed by atoms with Gasteiger partial charge in [0, 0.05) is 11.0 Å². The lowest BCUT2D eigenvalue weighted by Gasteiger charge is -2.25. The third-order valence-corrected chi connectivity index (χ3v) is 3.48. The van der Waals surface area contributed by atoms with Gasteiger partial charge >= 0.3 is 5.69 Å². The molecule has 5 heteroatoms. The summed E-state index contributed by atoms with van der Waals surface area (Å²) in [7, 11) is 0. The lowest BCUT2D eigenvalue weighted by molar-refractivity contribution is -0.386. The molecular weight excluding hydrogens is 213 g/mol. The number of hydrogen-bond donors (Lipinski definition) is 0. The van der Waals surface area contributed by atoms with E-state index in [2.05, 4.69) is 0 Å². The first-order chi connectivity index (χ1) is 7.62. The SMILES string of the molecule is O=[N+]([O-])c1cc(F)cc2c1OCCC21CC1. The highest BCUT2D eigenvalue weighted by molar-refractivity contribution is 5.57. The second-order valence-corrected chi connectivity index (χ2v) is 4.44. The molecule has 1 aromatic rings. The van der Waals surface area contributed by atoms with Crippen molar-refractivity contribution >= 4 is 5.69 Å². The van der Waals surface area contributed by atoms with Crippen molar-refractivity contribution in [3.05, 3.63) is 33.6 Å². The number of halogens is 1. The van der Waals surface area contributed by atoms with E-state index in [1.165, 1.54) is 6.07 Å². The average molecular weight is 223 g/mol. The Bertz CT molecular complexity index is 482. The summed E-state index contributed by atoms with van der Waals surface area (Å²) < 4.78 is 18.7. The quantitative estimate of drug-likeness (QED) is 0.543. The maximum absolute atomic E-state index is 13.3. The number of benzene rings is 1. The molecule has 84 valence electrons. The third kappa shape index (κ3) is 1.20. The van der Waals surface area contributed by atoms with E-state index in [9.17, 15) is 14.5 Å². The molecule has 1 aliphatic carbocycles. The summed E-state index contributed by atoms with van der Waals surface area (Å²) in [5.41, 5.74) is 0.395. The lowest BCUT2D eigenvalue weighted by Crippen LogP contribution is -2.20. The van der Waals surface area contributed by atoms with Crippen molar-refractivity contribution in [3.8, 4) is 5.75 Å². The van der Waals surface area contributed by atoms with Crippen molar-refractivity contribution in [1.82, 2.24) is 0 Å². The molecule has 2 aliphatic rings. The van der Waals surface area contributed by atoms with Crippen molar-refractivity contribution in [2.24, 2.45) is 0 Å². The molecule has 0 atom stereocenters. The van der Waals surface area contributed by atoms with Crippen LogP contribution in [-0.4, -0.2) is 11.5 Å². The number of rotatable bonds is 1. The number of fused-ring (bicyclic) bond motifs is 2. The number of ether oxygens (including phenoxy) is 1. The molecule has 0 N–H and O–H groups in total. The first kappa shape index (κ1) is 9.57. The first-order valence-electron chi connectivity index (χ1n) is 5.24. The summed E-state index contributed by atoms with van der Waals surface area (Å²) in [6.07, 6.45) is 2.79. The highest BCUT2D eigenvalue weighted by Crippen LogP contribution is 2.57. The molecule has 0 unspecified atom stereocenters. The van der Waals surface area contributed by atoms with E-state index in [1.54, 1.807) is 0 Å². The Labute approximate surface area is 91.2 Å². The van der Waals surface area contributed by atoms with Crippen molar-refractivity contribution in [3.63, 3.8) is 0 Å². The van der Waals surface area contributed by atoms with Crippen LogP contribution in [0.1, 0.15) is 24.8 Å². The largest absolute Gasteiger partial charge is 0.487 e. The Morgan fingerprint density at radius 3 is 2.75 bits per heavy atom. The van der Waals surface area contributed by atoms with Crippen molar-refractivity contribution in [2.75, 3.05) is 6.61 Å². The topological polar surface area (TPSA) is 52.4 Å². The van der Waals surface area contributed by atoms with Gasteiger partial charge in [0.25, 0.3) is 0 Å². The minimum atomic E-state index is -0.580. The fourth-order valence-electron chi connectivity index (χ4n) is 2.41. The van der Waals surface area contributed by atoms with Gasteiger partial charge < -0.3 is 4.74 Å². The molecule has 4 nitrogen and oxygen atoms in total. The van der Waals surface area contributed by atoms with Crippen molar-refractivity contribution in [1.29, 1.82) is 0 Å². The Hall–Kier alpha value is -1.65. The zero-order valence-electron chi connectivity index (χ0n) is 8.53. The van der Waals surface area contributed by atoms with E-state index in [-0.39, 0.29) is 16.9 Å². The number of nitro groups is 1. The van der Waals surface area contributed by atoms with E-state index in [4.69, 9.17) is 4.74 Å². The van der Waals surface area contributed by atoms with Gasteiger partial charge in [0.05, 0.1) is 17.6 Å². The van der Waals surface area contributed by atoms with Crippen LogP contribution in [0.3, 0.4) is 0 Å². The van der Waals surface area contributed by atoms with Gasteiger partial charge in [-0.1, -0.05) is 0 Å². The van der Waals surface area contributed by atoms with E-state index in [1.807, 2.05) is 0 Å². The molecule has 1 aliphatic heterocycles. The van der Waals surface area contributed by atoms with Crippen LogP contribution in [0, 0.1) is 15.9 Å². The fourth-order valence-corrected chi connectivity index (χ4v) is 2.41. The minimum absolute atomic E-state index is 0.0412. The van der Waals surface area contributed by atoms with E-state index < -0.39 is 10.7 Å². The Morgan fingerprint density at radius 1 is 1.38 bits per heavy atom. The second kappa shape index (κ2) is 2.93. The summed E-state index contributed by atoms with van der Waals surface area (Å²) in [5, 5.41) is 10.8. The highest BCUT2D eigenvalue weighted by atomic mass is 19.1. The molecule has 1 heterocycles. The summed E-state index contributed by atoms with van der Waals surface area (Å²) in [4.78, 5) is 10.2. The van der Waals surface area contributed by atoms with Gasteiger partial charge in [0.2, 0.25) is 5.75 Å². The molecular formula is C11H10FNO3. The van der Waals surface area contributed by atoms with Gasteiger partial charge in [-0.15, -0.1) is 0 Å². The maximum Gasteiger partial charge on any atom is 0.314 e. The molecule has 0 bridgehead atoms. The normalized spacial score (nSPS) is 20.1. The molecule has 1 saturated carbocycles. The molecule has 1 spiro atoms. The molecule has 3 rings (SSSR count). The zero-order valence-corrected chi connectivity index (χ0v) is 8.53. The van der Waals surface area contributed by atoms with Gasteiger partial charge in [0.1, 0.15) is 5.82 Å². The van der Waals surface area contributed by atoms with Gasteiger partial charge in [-0.25, -0.2) is 4.39 Å². The molecule has 1 fully saturated rings. The first-order valence-corrected chi connectivity index (χ1v) is 5.24. The summed E-state index contributed by atoms with van der Waals surface area (Å²) in [6.45, 7) is 0.486. The average Bonchev–Trinajstić information content (AvgIpc) is 2.99. The number of nitro benzene ring substituents is 1. The van der Waals surface area contributed by atoms with Crippen LogP contribution >= 0.6 is 0 Å². The summed E-state index contributed by atoms with van der Waals surface area (Å²) in [6, 6.07) is 2.31. The molecule has 0 radical (unpaired) electrons. The van der Waals surface area contributed by atoms with E-state index in [0.29, 0.717) is 12.2 Å². The van der Waals surface area contributed by atoms with Crippen molar-refractivity contribution < 1.29 is 14.1 Å². The monoisotopic (exact) mass is 223 g/mol. The Morgan fingerprint density at radius 2 is 2.12 bits per heavy atom. The Kier molecular flexibility index (Phi) is 1.75. The standard InChI is InChI=1S/C11H10FNO3/c12-7-5-8-10(9(6-7)13(14)15)16-4-3-11(8)1-2-11/h5-6H,1-4H2. The van der Waals surface area contributed by atoms with Crippen LogP contribution in [0.4, 0.5) is 10.1 Å². The van der Waals surface area contributed by atoms with Gasteiger partial charge in [-0.05, 0) is 25.3 Å². The van der Waals surface area contributed by atoms with E-state index >= 15 is 0 Å². The smallest absolute Gasteiger partial charge is 0.314 e. The lowest BCUT2D eigenvalue weighted by atomic mass is 9.89. The fraction of sp³-hybridized carbons (Fsp3) is 0.455. The van der Waals surface area contributed by atoms with Crippen molar-refractivity contribution in [2.45, 2.75) is 24.7 Å². The maximum atomic E-state index is 13.3. The summed E-state index contributed by atoms with van der Waals surface area (Å²) >= 11 is 0. The predicted molar refractivity (Wildman–Crippen MR) is 54.1 cm³/mol. The number of hydrogen-bond acceptors (Lipinski definition) is 3. The van der Waals surface area contributed by atoms with Crippen LogP contribution in [0.2, 0.25) is 0 Å². The van der Waals surface area contributed by atoms with Crippen LogP contribution in [0.15, 0.2) is 12.1 Å². The molecule has 16 heavy (non-hydrogen) atoms. The molecule has 0 aromatic heterocycles. The summed E-state index contributed by atoms with van der Waals surface area (Å²) in [5.74, 6) is -0.280. The Balaban J connectivity index is 2.23. The van der Waals surface area contributed by atoms with Crippen LogP contribution in [0.25, 0.3) is 0 Å². The van der Waals surface area contributed by atoms with Gasteiger partial charge in [0.15, 0.2) is 0 Å². The molecule has 0 amide bonds. The zero-order chi connectivity index (χ0) is 11.3. The van der Waals surface area contributed by atoms with E-state index in [0.717, 1.165) is 25.3 Å². The van der Waals surface area contributed by atoms with Crippen LogP contribution in [0.5, 0.6) is 5.75 Å². The van der Waals surface area contributed by atoms with Gasteiger partial charge in [-0.2, -0.15) is 0 Å². The van der Waals surface area contributed by atoms with Crippen LogP contribution in [-0.2, 0) is 5.41 Å². The number of nitrogens with zero attached hydrogens (tertiary/aromatic N) is 1. The molecule has 1 aromatic carbocycles. The highest BCUT2D eigenvalue weighted by Gasteiger charge is 2.49.